The molecule has 146 valence electrons. The molecule has 3 rings (SSSR count). The van der Waals surface area contributed by atoms with Crippen LogP contribution in [0, 0.1) is 0 Å². The normalized spacial score (nSPS) is 11.1. The Morgan fingerprint density at radius 2 is 1.93 bits per heavy atom. The third kappa shape index (κ3) is 4.71. The Labute approximate surface area is 164 Å². The van der Waals surface area contributed by atoms with Crippen LogP contribution < -0.4 is 14.8 Å². The van der Waals surface area contributed by atoms with Crippen molar-refractivity contribution in [2.45, 2.75) is 13.3 Å². The third-order valence-electron chi connectivity index (χ3n) is 4.45. The van der Waals surface area contributed by atoms with Crippen molar-refractivity contribution in [3.05, 3.63) is 59.9 Å². The molecule has 1 amide bonds. The first-order valence-electron chi connectivity index (χ1n) is 9.29. The van der Waals surface area contributed by atoms with Gasteiger partial charge in [0, 0.05) is 32.2 Å². The van der Waals surface area contributed by atoms with Gasteiger partial charge in [-0.15, -0.1) is 0 Å². The van der Waals surface area contributed by atoms with Crippen LogP contribution in [-0.4, -0.2) is 35.7 Å². The molecule has 3 aromatic rings. The SMILES string of the molecule is CCOc1ccc(/C=C/C(=O)NCCc2nc3cc(OC)ccc3n2C)cc1. The quantitative estimate of drug-likeness (QED) is 0.610. The van der Waals surface area contributed by atoms with Gasteiger partial charge in [0.05, 0.1) is 24.8 Å². The highest BCUT2D eigenvalue weighted by Crippen LogP contribution is 2.21. The van der Waals surface area contributed by atoms with Crippen LogP contribution in [0.4, 0.5) is 0 Å². The number of nitrogens with one attached hydrogen (secondary N) is 1. The molecule has 6 nitrogen and oxygen atoms in total. The summed E-state index contributed by atoms with van der Waals surface area (Å²) in [7, 11) is 3.62. The zero-order valence-corrected chi connectivity index (χ0v) is 16.4. The Bertz CT molecular complexity index is 975. The van der Waals surface area contributed by atoms with Gasteiger partial charge in [-0.2, -0.15) is 0 Å². The number of carbonyl (C=O) groups excluding carboxylic acids is 1. The summed E-state index contributed by atoms with van der Waals surface area (Å²) in [6.07, 6.45) is 3.97. The van der Waals surface area contributed by atoms with E-state index in [4.69, 9.17) is 9.47 Å². The van der Waals surface area contributed by atoms with Crippen LogP contribution >= 0.6 is 0 Å². The molecule has 1 heterocycles. The molecule has 1 N–H and O–H groups in total. The number of carbonyl (C=O) groups is 1. The van der Waals surface area contributed by atoms with Crippen LogP contribution in [0.1, 0.15) is 18.3 Å². The molecule has 6 heteroatoms. The van der Waals surface area contributed by atoms with Crippen LogP contribution in [0.25, 0.3) is 17.1 Å². The Kier molecular flexibility index (Phi) is 6.32. The minimum absolute atomic E-state index is 0.130. The molecule has 0 spiro atoms. The van der Waals surface area contributed by atoms with E-state index in [1.165, 1.54) is 6.08 Å². The molecule has 0 fully saturated rings. The van der Waals surface area contributed by atoms with Crippen LogP contribution in [0.5, 0.6) is 11.5 Å². The molecule has 2 aromatic carbocycles. The number of aryl methyl sites for hydroxylation is 1. The van der Waals surface area contributed by atoms with Crippen LogP contribution in [-0.2, 0) is 18.3 Å². The van der Waals surface area contributed by atoms with Crippen molar-refractivity contribution in [3.63, 3.8) is 0 Å². The highest BCUT2D eigenvalue weighted by molar-refractivity contribution is 5.91. The lowest BCUT2D eigenvalue weighted by Crippen LogP contribution is -2.24. The number of fused-ring (bicyclic) bond motifs is 1. The largest absolute Gasteiger partial charge is 0.497 e. The predicted molar refractivity (Wildman–Crippen MR) is 111 cm³/mol. The van der Waals surface area contributed by atoms with Crippen molar-refractivity contribution in [3.8, 4) is 11.5 Å². The van der Waals surface area contributed by atoms with Gasteiger partial charge in [0.2, 0.25) is 5.91 Å². The lowest BCUT2D eigenvalue weighted by Gasteiger charge is -2.04. The smallest absolute Gasteiger partial charge is 0.244 e. The van der Waals surface area contributed by atoms with E-state index in [-0.39, 0.29) is 5.91 Å². The number of aromatic nitrogens is 2. The van der Waals surface area contributed by atoms with E-state index in [9.17, 15) is 4.79 Å². The average molecular weight is 379 g/mol. The van der Waals surface area contributed by atoms with Crippen molar-refractivity contribution < 1.29 is 14.3 Å². The highest BCUT2D eigenvalue weighted by Gasteiger charge is 2.08. The lowest BCUT2D eigenvalue weighted by molar-refractivity contribution is -0.116. The fourth-order valence-electron chi connectivity index (χ4n) is 2.95. The van der Waals surface area contributed by atoms with E-state index in [0.29, 0.717) is 19.6 Å². The summed E-state index contributed by atoms with van der Waals surface area (Å²) in [6.45, 7) is 3.10. The zero-order valence-electron chi connectivity index (χ0n) is 16.4. The average Bonchev–Trinajstić information content (AvgIpc) is 3.02. The van der Waals surface area contributed by atoms with Gasteiger partial charge in [-0.25, -0.2) is 4.98 Å². The van der Waals surface area contributed by atoms with Crippen molar-refractivity contribution >= 4 is 23.0 Å². The fraction of sp³-hybridized carbons (Fsp3) is 0.273. The molecule has 28 heavy (non-hydrogen) atoms. The number of hydrogen-bond acceptors (Lipinski definition) is 4. The maximum atomic E-state index is 12.1. The Morgan fingerprint density at radius 1 is 1.18 bits per heavy atom. The van der Waals surface area contributed by atoms with E-state index in [2.05, 4.69) is 10.3 Å². The van der Waals surface area contributed by atoms with Gasteiger partial charge in [0.1, 0.15) is 17.3 Å². The lowest BCUT2D eigenvalue weighted by atomic mass is 10.2. The number of methoxy groups -OCH3 is 1. The highest BCUT2D eigenvalue weighted by atomic mass is 16.5. The molecular weight excluding hydrogens is 354 g/mol. The van der Waals surface area contributed by atoms with Gasteiger partial charge in [0.15, 0.2) is 0 Å². The van der Waals surface area contributed by atoms with Gasteiger partial charge in [-0.1, -0.05) is 12.1 Å². The van der Waals surface area contributed by atoms with E-state index in [1.807, 2.05) is 61.0 Å². The van der Waals surface area contributed by atoms with E-state index in [0.717, 1.165) is 33.9 Å². The van der Waals surface area contributed by atoms with Gasteiger partial charge in [0.25, 0.3) is 0 Å². The minimum atomic E-state index is -0.130. The standard InChI is InChI=1S/C22H25N3O3/c1-4-28-17-8-5-16(6-9-17)7-12-22(26)23-14-13-21-24-19-15-18(27-3)10-11-20(19)25(21)2/h5-12,15H,4,13-14H2,1-3H3,(H,23,26)/b12-7+. The van der Waals surface area contributed by atoms with E-state index in [1.54, 1.807) is 13.2 Å². The summed E-state index contributed by atoms with van der Waals surface area (Å²) in [5.41, 5.74) is 2.87. The summed E-state index contributed by atoms with van der Waals surface area (Å²) >= 11 is 0. The molecule has 0 atom stereocenters. The molecule has 0 aliphatic rings. The molecule has 0 aliphatic carbocycles. The third-order valence-corrected chi connectivity index (χ3v) is 4.45. The van der Waals surface area contributed by atoms with Gasteiger partial charge in [-0.05, 0) is 42.8 Å². The Morgan fingerprint density at radius 3 is 2.64 bits per heavy atom. The van der Waals surface area contributed by atoms with E-state index >= 15 is 0 Å². The number of imidazole rings is 1. The fourth-order valence-corrected chi connectivity index (χ4v) is 2.95. The number of amides is 1. The number of hydrogen-bond donors (Lipinski definition) is 1. The second-order valence-corrected chi connectivity index (χ2v) is 6.32. The second-order valence-electron chi connectivity index (χ2n) is 6.32. The first-order chi connectivity index (χ1) is 13.6. The molecule has 0 radical (unpaired) electrons. The number of benzene rings is 2. The maximum Gasteiger partial charge on any atom is 0.244 e. The summed E-state index contributed by atoms with van der Waals surface area (Å²) < 4.78 is 12.7. The maximum absolute atomic E-state index is 12.1. The molecular formula is C22H25N3O3. The zero-order chi connectivity index (χ0) is 19.9. The first kappa shape index (κ1) is 19.5. The molecule has 1 aromatic heterocycles. The van der Waals surface area contributed by atoms with Gasteiger partial charge >= 0.3 is 0 Å². The monoisotopic (exact) mass is 379 g/mol. The van der Waals surface area contributed by atoms with Crippen molar-refractivity contribution in [2.75, 3.05) is 20.3 Å². The van der Waals surface area contributed by atoms with Gasteiger partial charge in [-0.3, -0.25) is 4.79 Å². The first-order valence-corrected chi connectivity index (χ1v) is 9.29. The van der Waals surface area contributed by atoms with Crippen molar-refractivity contribution in [2.24, 2.45) is 7.05 Å². The van der Waals surface area contributed by atoms with Crippen LogP contribution in [0.3, 0.4) is 0 Å². The molecule has 0 bridgehead atoms. The Balaban J connectivity index is 1.53. The second kappa shape index (κ2) is 9.08. The molecule has 0 saturated carbocycles. The Hall–Kier alpha value is -3.28. The molecule has 0 aliphatic heterocycles. The summed E-state index contributed by atoms with van der Waals surface area (Å²) in [6, 6.07) is 13.4. The van der Waals surface area contributed by atoms with Gasteiger partial charge < -0.3 is 19.4 Å². The van der Waals surface area contributed by atoms with Crippen molar-refractivity contribution in [1.29, 1.82) is 0 Å². The van der Waals surface area contributed by atoms with Crippen molar-refractivity contribution in [1.82, 2.24) is 14.9 Å². The predicted octanol–water partition coefficient (Wildman–Crippen LogP) is 3.35. The molecule has 0 saturated heterocycles. The van der Waals surface area contributed by atoms with E-state index < -0.39 is 0 Å². The molecule has 0 unspecified atom stereocenters. The topological polar surface area (TPSA) is 65.4 Å². The van der Waals surface area contributed by atoms with Crippen LogP contribution in [0.2, 0.25) is 0 Å². The summed E-state index contributed by atoms with van der Waals surface area (Å²) in [4.78, 5) is 16.7. The summed E-state index contributed by atoms with van der Waals surface area (Å²) in [5.74, 6) is 2.39. The number of ether oxygens (including phenoxy) is 2. The van der Waals surface area contributed by atoms with Crippen LogP contribution in [0.15, 0.2) is 48.5 Å². The number of rotatable bonds is 8. The number of nitrogens with zero attached hydrogens (tertiary/aromatic N) is 2. The minimum Gasteiger partial charge on any atom is -0.497 e. The summed E-state index contributed by atoms with van der Waals surface area (Å²) in [5, 5.41) is 2.90.